The van der Waals surface area contributed by atoms with Gasteiger partial charge in [-0.1, -0.05) is 19.6 Å². The van der Waals surface area contributed by atoms with Gasteiger partial charge in [-0.15, -0.1) is 0 Å². The summed E-state index contributed by atoms with van der Waals surface area (Å²) >= 11 is 0. The summed E-state index contributed by atoms with van der Waals surface area (Å²) in [5, 5.41) is 4.29. The zero-order valence-electron chi connectivity index (χ0n) is 17.3. The topological polar surface area (TPSA) is 78.2 Å². The van der Waals surface area contributed by atoms with Gasteiger partial charge in [-0.3, -0.25) is 0 Å². The molecule has 0 radical (unpaired) electrons. The molecule has 1 aromatic rings. The summed E-state index contributed by atoms with van der Waals surface area (Å²) in [6, 6.07) is 1.30. The molecule has 1 fully saturated rings. The van der Waals surface area contributed by atoms with E-state index in [4.69, 9.17) is 14.2 Å². The lowest BCUT2D eigenvalue weighted by Gasteiger charge is -2.34. The quantitative estimate of drug-likeness (QED) is 0.232. The molecule has 0 N–H and O–H groups in total. The first-order chi connectivity index (χ1) is 12.7. The maximum absolute atomic E-state index is 12.3. The zero-order chi connectivity index (χ0) is 20.0. The first-order valence-corrected chi connectivity index (χ1v) is 13.0. The van der Waals surface area contributed by atoms with Crippen molar-refractivity contribution < 1.29 is 19.0 Å². The van der Waals surface area contributed by atoms with Crippen LogP contribution >= 0.6 is 0 Å². The maximum atomic E-state index is 12.3. The van der Waals surface area contributed by atoms with E-state index < -0.39 is 14.0 Å². The molecule has 2 rings (SSSR count). The third kappa shape index (κ3) is 6.15. The van der Waals surface area contributed by atoms with Gasteiger partial charge in [-0.05, 0) is 19.9 Å². The Kier molecular flexibility index (Phi) is 7.57. The molecule has 1 aliphatic heterocycles. The second-order valence-corrected chi connectivity index (χ2v) is 13.6. The van der Waals surface area contributed by atoms with Crippen LogP contribution in [0.1, 0.15) is 24.3 Å². The number of amidine groups is 1. The van der Waals surface area contributed by atoms with Gasteiger partial charge in [0.2, 0.25) is 0 Å². The molecule has 27 heavy (non-hydrogen) atoms. The molecule has 0 bridgehead atoms. The zero-order valence-corrected chi connectivity index (χ0v) is 18.3. The number of methoxy groups -OCH3 is 1. The van der Waals surface area contributed by atoms with Crippen LogP contribution in [0.3, 0.4) is 0 Å². The molecule has 0 saturated carbocycles. The Morgan fingerprint density at radius 1 is 1.44 bits per heavy atom. The number of carbonyl (C=O) groups excluding carboxylic acids is 1. The number of hydrogen-bond acceptors (Lipinski definition) is 6. The number of hydrogen-bond donors (Lipinski definition) is 0. The summed E-state index contributed by atoms with van der Waals surface area (Å²) in [4.78, 5) is 19.1. The molecule has 0 amide bonds. The van der Waals surface area contributed by atoms with Gasteiger partial charge in [0.05, 0.1) is 32.6 Å². The van der Waals surface area contributed by atoms with Crippen molar-refractivity contribution in [2.75, 3.05) is 33.5 Å². The van der Waals surface area contributed by atoms with Crippen molar-refractivity contribution in [1.29, 1.82) is 0 Å². The summed E-state index contributed by atoms with van der Waals surface area (Å²) in [5.74, 6) is 0.359. The Morgan fingerprint density at radius 3 is 2.81 bits per heavy atom. The van der Waals surface area contributed by atoms with Gasteiger partial charge in [0, 0.05) is 21.2 Å². The molecule has 1 saturated heterocycles. The molecule has 1 aromatic heterocycles. The first-order valence-electron chi connectivity index (χ1n) is 9.34. The monoisotopic (exact) mass is 396 g/mol. The number of rotatable bonds is 7. The van der Waals surface area contributed by atoms with E-state index in [9.17, 15) is 4.79 Å². The Morgan fingerprint density at radius 2 is 2.19 bits per heavy atom. The molecule has 0 spiro atoms. The van der Waals surface area contributed by atoms with Crippen molar-refractivity contribution in [3.05, 3.63) is 11.9 Å². The van der Waals surface area contributed by atoms with Gasteiger partial charge in [-0.25, -0.2) is 14.5 Å². The largest absolute Gasteiger partial charge is 0.464 e. The average molecular weight is 397 g/mol. The molecule has 8 nitrogen and oxygen atoms in total. The van der Waals surface area contributed by atoms with E-state index in [-0.39, 0.29) is 12.8 Å². The molecule has 0 aliphatic carbocycles. The van der Waals surface area contributed by atoms with E-state index in [2.05, 4.69) is 41.6 Å². The summed E-state index contributed by atoms with van der Waals surface area (Å²) in [7, 11) is 0.193. The van der Waals surface area contributed by atoms with Crippen LogP contribution in [0.25, 0.3) is 0 Å². The fourth-order valence-corrected chi connectivity index (χ4v) is 3.59. The van der Waals surface area contributed by atoms with Crippen molar-refractivity contribution in [1.82, 2.24) is 14.7 Å². The molecule has 2 heterocycles. The number of morpholine rings is 1. The van der Waals surface area contributed by atoms with Crippen molar-refractivity contribution in [2.24, 2.45) is 4.99 Å². The van der Waals surface area contributed by atoms with Crippen molar-refractivity contribution in [3.63, 3.8) is 0 Å². The second kappa shape index (κ2) is 9.47. The lowest BCUT2D eigenvalue weighted by atomic mass is 10.2. The number of ether oxygens (including phenoxy) is 3. The van der Waals surface area contributed by atoms with Crippen LogP contribution in [0.2, 0.25) is 25.7 Å². The number of nitrogens with zero attached hydrogens (tertiary/aromatic N) is 4. The molecule has 1 unspecified atom stereocenters. The first kappa shape index (κ1) is 21.6. The highest BCUT2D eigenvalue weighted by Crippen LogP contribution is 2.22. The average Bonchev–Trinajstić information content (AvgIpc) is 3.00. The van der Waals surface area contributed by atoms with Gasteiger partial charge in [0.25, 0.3) is 0 Å². The minimum absolute atomic E-state index is 0.206. The number of esters is 1. The highest BCUT2D eigenvalue weighted by Gasteiger charge is 2.23. The van der Waals surface area contributed by atoms with Crippen LogP contribution in [0, 0.1) is 0 Å². The minimum atomic E-state index is -1.16. The molecule has 9 heteroatoms. The van der Waals surface area contributed by atoms with Crippen molar-refractivity contribution >= 4 is 25.6 Å². The summed E-state index contributed by atoms with van der Waals surface area (Å²) in [5.41, 5.74) is 0.803. The Labute approximate surface area is 162 Å². The Bertz CT molecular complexity index is 669. The standard InChI is InChI=1S/C18H32N4O4Si/c1-14-12-25-8-7-21(14)15(2)20-16-11-19-22(17(16)18(23)24-3)13-26-9-10-27(4,5)6/h11,14H,7-10,12-13H2,1-6H3/b20-15+. The Balaban J connectivity index is 2.15. The third-order valence-electron chi connectivity index (χ3n) is 4.47. The lowest BCUT2D eigenvalue weighted by molar-refractivity contribution is 0.0330. The van der Waals surface area contributed by atoms with Gasteiger partial charge >= 0.3 is 5.97 Å². The SMILES string of the molecule is COC(=O)c1c(/N=C(\C)N2CCOCC2C)cnn1COCC[Si](C)(C)C. The molecule has 1 aliphatic rings. The van der Waals surface area contributed by atoms with Crippen LogP contribution in [0.5, 0.6) is 0 Å². The van der Waals surface area contributed by atoms with E-state index in [0.29, 0.717) is 31.2 Å². The molecular formula is C18H32N4O4Si. The van der Waals surface area contributed by atoms with Gasteiger partial charge < -0.3 is 19.1 Å². The van der Waals surface area contributed by atoms with Crippen LogP contribution < -0.4 is 0 Å². The molecule has 0 aromatic carbocycles. The molecule has 152 valence electrons. The van der Waals surface area contributed by atoms with Crippen LogP contribution in [0.4, 0.5) is 5.69 Å². The van der Waals surface area contributed by atoms with E-state index in [0.717, 1.165) is 18.4 Å². The van der Waals surface area contributed by atoms with Gasteiger partial charge in [-0.2, -0.15) is 5.10 Å². The number of aromatic nitrogens is 2. The highest BCUT2D eigenvalue weighted by atomic mass is 28.3. The third-order valence-corrected chi connectivity index (χ3v) is 6.18. The molecule has 1 atom stereocenters. The number of aliphatic imine (C=N–C) groups is 1. The second-order valence-electron chi connectivity index (χ2n) is 7.99. The summed E-state index contributed by atoms with van der Waals surface area (Å²) in [6.07, 6.45) is 1.59. The summed E-state index contributed by atoms with van der Waals surface area (Å²) < 4.78 is 17.7. The highest BCUT2D eigenvalue weighted by molar-refractivity contribution is 6.76. The van der Waals surface area contributed by atoms with Gasteiger partial charge in [0.1, 0.15) is 18.3 Å². The van der Waals surface area contributed by atoms with E-state index in [1.54, 1.807) is 6.20 Å². The summed E-state index contributed by atoms with van der Waals surface area (Å²) in [6.45, 7) is 13.9. The fourth-order valence-electron chi connectivity index (χ4n) is 2.84. The number of carbonyl (C=O) groups is 1. The predicted molar refractivity (Wildman–Crippen MR) is 107 cm³/mol. The van der Waals surface area contributed by atoms with Crippen LogP contribution in [-0.2, 0) is 20.9 Å². The minimum Gasteiger partial charge on any atom is -0.464 e. The maximum Gasteiger partial charge on any atom is 0.358 e. The van der Waals surface area contributed by atoms with E-state index in [1.807, 2.05) is 6.92 Å². The smallest absolute Gasteiger partial charge is 0.358 e. The fraction of sp³-hybridized carbons (Fsp3) is 0.722. The normalized spacial score (nSPS) is 18.7. The van der Waals surface area contributed by atoms with Gasteiger partial charge in [0.15, 0.2) is 5.69 Å². The molecular weight excluding hydrogens is 364 g/mol. The lowest BCUT2D eigenvalue weighted by Crippen LogP contribution is -2.46. The van der Waals surface area contributed by atoms with Crippen LogP contribution in [-0.4, -0.2) is 74.1 Å². The Hall–Kier alpha value is -1.71. The van der Waals surface area contributed by atoms with Crippen LogP contribution in [0.15, 0.2) is 11.2 Å². The predicted octanol–water partition coefficient (Wildman–Crippen LogP) is 2.75. The van der Waals surface area contributed by atoms with Crippen molar-refractivity contribution in [3.8, 4) is 0 Å². The van der Waals surface area contributed by atoms with E-state index in [1.165, 1.54) is 11.8 Å². The van der Waals surface area contributed by atoms with E-state index >= 15 is 0 Å². The van der Waals surface area contributed by atoms with Crippen molar-refractivity contribution in [2.45, 2.75) is 52.3 Å².